The molecule has 1 atom stereocenters. The van der Waals surface area contributed by atoms with Crippen LogP contribution in [-0.4, -0.2) is 28.1 Å². The standard InChI is InChI=1S/C12H17ClN2O3S.ClH/c1-18-11-5-4-9(13)6-12(11)19(16,17)15-7-10(14)8-2-3-8;/h4-6,8,10,15H,2-3,7,14H2,1H3;1H. The van der Waals surface area contributed by atoms with Gasteiger partial charge < -0.3 is 10.5 Å². The molecule has 3 N–H and O–H groups in total. The lowest BCUT2D eigenvalue weighted by Crippen LogP contribution is -2.38. The Kier molecular flexibility index (Phi) is 6.09. The van der Waals surface area contributed by atoms with E-state index in [0.717, 1.165) is 12.8 Å². The lowest BCUT2D eigenvalue weighted by atomic mass is 10.2. The zero-order valence-electron chi connectivity index (χ0n) is 11.0. The highest BCUT2D eigenvalue weighted by atomic mass is 35.5. The van der Waals surface area contributed by atoms with E-state index in [4.69, 9.17) is 22.1 Å². The van der Waals surface area contributed by atoms with Crippen molar-refractivity contribution in [3.63, 3.8) is 0 Å². The minimum Gasteiger partial charge on any atom is -0.495 e. The molecule has 1 aliphatic carbocycles. The molecule has 20 heavy (non-hydrogen) atoms. The zero-order valence-corrected chi connectivity index (χ0v) is 13.4. The molecule has 1 unspecified atom stereocenters. The Morgan fingerprint density at radius 1 is 1.50 bits per heavy atom. The molecular formula is C12H18Cl2N2O3S. The highest BCUT2D eigenvalue weighted by Crippen LogP contribution is 2.31. The summed E-state index contributed by atoms with van der Waals surface area (Å²) in [6.45, 7) is 0.225. The van der Waals surface area contributed by atoms with Crippen molar-refractivity contribution in [2.24, 2.45) is 11.7 Å². The molecule has 1 saturated carbocycles. The molecule has 0 bridgehead atoms. The number of ether oxygens (including phenoxy) is 1. The van der Waals surface area contributed by atoms with Gasteiger partial charge >= 0.3 is 0 Å². The van der Waals surface area contributed by atoms with Crippen molar-refractivity contribution < 1.29 is 13.2 Å². The molecule has 0 spiro atoms. The number of methoxy groups -OCH3 is 1. The Morgan fingerprint density at radius 2 is 2.15 bits per heavy atom. The summed E-state index contributed by atoms with van der Waals surface area (Å²) in [5, 5.41) is 0.340. The molecular weight excluding hydrogens is 323 g/mol. The van der Waals surface area contributed by atoms with E-state index in [-0.39, 0.29) is 35.6 Å². The van der Waals surface area contributed by atoms with Gasteiger partial charge in [0, 0.05) is 17.6 Å². The lowest BCUT2D eigenvalue weighted by molar-refractivity contribution is 0.402. The van der Waals surface area contributed by atoms with E-state index in [9.17, 15) is 8.42 Å². The molecule has 8 heteroatoms. The van der Waals surface area contributed by atoms with E-state index < -0.39 is 10.0 Å². The van der Waals surface area contributed by atoms with Crippen molar-refractivity contribution in [2.75, 3.05) is 13.7 Å². The summed E-state index contributed by atoms with van der Waals surface area (Å²) < 4.78 is 32.0. The first-order valence-electron chi connectivity index (χ1n) is 6.03. The van der Waals surface area contributed by atoms with Gasteiger partial charge in [0.2, 0.25) is 10.0 Å². The summed E-state index contributed by atoms with van der Waals surface area (Å²) in [6.07, 6.45) is 2.15. The van der Waals surface area contributed by atoms with Gasteiger partial charge in [-0.3, -0.25) is 0 Å². The molecule has 2 rings (SSSR count). The Balaban J connectivity index is 0.00000200. The van der Waals surface area contributed by atoms with E-state index in [1.54, 1.807) is 6.07 Å². The molecule has 0 aromatic heterocycles. The molecule has 1 fully saturated rings. The van der Waals surface area contributed by atoms with Crippen LogP contribution in [-0.2, 0) is 10.0 Å². The van der Waals surface area contributed by atoms with Gasteiger partial charge in [-0.05, 0) is 37.0 Å². The van der Waals surface area contributed by atoms with Gasteiger partial charge in [-0.2, -0.15) is 0 Å². The van der Waals surface area contributed by atoms with Crippen LogP contribution in [0.2, 0.25) is 5.02 Å². The third kappa shape index (κ3) is 4.23. The van der Waals surface area contributed by atoms with Gasteiger partial charge in [0.25, 0.3) is 0 Å². The number of hydrogen-bond donors (Lipinski definition) is 2. The molecule has 0 heterocycles. The normalized spacial score (nSPS) is 16.4. The van der Waals surface area contributed by atoms with Crippen molar-refractivity contribution in [1.29, 1.82) is 0 Å². The molecule has 0 radical (unpaired) electrons. The monoisotopic (exact) mass is 340 g/mol. The summed E-state index contributed by atoms with van der Waals surface area (Å²) in [5.74, 6) is 0.695. The van der Waals surface area contributed by atoms with Gasteiger partial charge in [0.1, 0.15) is 10.6 Å². The van der Waals surface area contributed by atoms with Crippen LogP contribution in [0.1, 0.15) is 12.8 Å². The fourth-order valence-corrected chi connectivity index (χ4v) is 3.34. The van der Waals surface area contributed by atoms with Crippen LogP contribution in [0.3, 0.4) is 0 Å². The maximum absolute atomic E-state index is 12.2. The Hall–Kier alpha value is -0.530. The number of benzene rings is 1. The van der Waals surface area contributed by atoms with Gasteiger partial charge in [0.15, 0.2) is 0 Å². The summed E-state index contributed by atoms with van der Waals surface area (Å²) in [4.78, 5) is 0.0329. The maximum atomic E-state index is 12.2. The van der Waals surface area contributed by atoms with Crippen LogP contribution in [0.25, 0.3) is 0 Å². The quantitative estimate of drug-likeness (QED) is 0.827. The zero-order chi connectivity index (χ0) is 14.0. The van der Waals surface area contributed by atoms with Gasteiger partial charge in [-0.25, -0.2) is 13.1 Å². The van der Waals surface area contributed by atoms with Crippen LogP contribution >= 0.6 is 24.0 Å². The highest BCUT2D eigenvalue weighted by Gasteiger charge is 2.30. The average molecular weight is 341 g/mol. The molecule has 1 aliphatic rings. The van der Waals surface area contributed by atoms with Crippen LogP contribution in [0, 0.1) is 5.92 Å². The lowest BCUT2D eigenvalue weighted by Gasteiger charge is -2.14. The molecule has 1 aromatic carbocycles. The fraction of sp³-hybridized carbons (Fsp3) is 0.500. The molecule has 114 valence electrons. The van der Waals surface area contributed by atoms with Crippen molar-refractivity contribution in [2.45, 2.75) is 23.8 Å². The first-order valence-corrected chi connectivity index (χ1v) is 7.89. The summed E-state index contributed by atoms with van der Waals surface area (Å²) in [7, 11) is -2.25. The smallest absolute Gasteiger partial charge is 0.244 e. The second kappa shape index (κ2) is 6.95. The molecule has 0 saturated heterocycles. The van der Waals surface area contributed by atoms with Crippen LogP contribution < -0.4 is 15.2 Å². The predicted octanol–water partition coefficient (Wildman–Crippen LogP) is 1.79. The van der Waals surface area contributed by atoms with Crippen molar-refractivity contribution in [1.82, 2.24) is 4.72 Å². The van der Waals surface area contributed by atoms with E-state index in [1.165, 1.54) is 19.2 Å². The fourth-order valence-electron chi connectivity index (χ4n) is 1.84. The Bertz CT molecular complexity index is 562. The third-order valence-electron chi connectivity index (χ3n) is 3.15. The Labute approximate surface area is 130 Å². The first kappa shape index (κ1) is 17.5. The molecule has 0 amide bonds. The van der Waals surface area contributed by atoms with Crippen LogP contribution in [0.5, 0.6) is 5.75 Å². The molecule has 5 nitrogen and oxygen atoms in total. The second-order valence-corrected chi connectivity index (χ2v) is 6.82. The molecule has 1 aromatic rings. The molecule has 0 aliphatic heterocycles. The minimum atomic E-state index is -3.67. The van der Waals surface area contributed by atoms with Gasteiger partial charge in [-0.15, -0.1) is 12.4 Å². The van der Waals surface area contributed by atoms with Gasteiger partial charge in [-0.1, -0.05) is 11.6 Å². The summed E-state index contributed by atoms with van der Waals surface area (Å²) in [5.41, 5.74) is 5.88. The van der Waals surface area contributed by atoms with Crippen molar-refractivity contribution in [3.05, 3.63) is 23.2 Å². The minimum absolute atomic E-state index is 0. The highest BCUT2D eigenvalue weighted by molar-refractivity contribution is 7.89. The van der Waals surface area contributed by atoms with E-state index >= 15 is 0 Å². The average Bonchev–Trinajstić information content (AvgIpc) is 3.20. The maximum Gasteiger partial charge on any atom is 0.244 e. The number of sulfonamides is 1. The summed E-state index contributed by atoms with van der Waals surface area (Å²) in [6, 6.07) is 4.33. The number of rotatable bonds is 6. The SMILES string of the molecule is COc1ccc(Cl)cc1S(=O)(=O)NCC(N)C1CC1.Cl. The van der Waals surface area contributed by atoms with Crippen molar-refractivity contribution in [3.8, 4) is 5.75 Å². The van der Waals surface area contributed by atoms with E-state index in [0.29, 0.717) is 10.9 Å². The topological polar surface area (TPSA) is 81.4 Å². The number of nitrogens with one attached hydrogen (secondary N) is 1. The van der Waals surface area contributed by atoms with Crippen LogP contribution in [0.4, 0.5) is 0 Å². The largest absolute Gasteiger partial charge is 0.495 e. The van der Waals surface area contributed by atoms with E-state index in [1.807, 2.05) is 0 Å². The second-order valence-electron chi connectivity index (χ2n) is 4.65. The predicted molar refractivity (Wildman–Crippen MR) is 81.1 cm³/mol. The van der Waals surface area contributed by atoms with Crippen LogP contribution in [0.15, 0.2) is 23.1 Å². The number of nitrogens with two attached hydrogens (primary N) is 1. The third-order valence-corrected chi connectivity index (χ3v) is 4.83. The number of halogens is 2. The number of hydrogen-bond acceptors (Lipinski definition) is 4. The first-order chi connectivity index (χ1) is 8.94. The van der Waals surface area contributed by atoms with E-state index in [2.05, 4.69) is 4.72 Å². The van der Waals surface area contributed by atoms with Gasteiger partial charge in [0.05, 0.1) is 7.11 Å². The summed E-state index contributed by atoms with van der Waals surface area (Å²) >= 11 is 5.83. The Morgan fingerprint density at radius 3 is 2.70 bits per heavy atom. The van der Waals surface area contributed by atoms with Crippen molar-refractivity contribution >= 4 is 34.0 Å².